The van der Waals surface area contributed by atoms with E-state index in [0.717, 1.165) is 5.56 Å². The van der Waals surface area contributed by atoms with Crippen LogP contribution in [0.4, 0.5) is 0 Å². The second kappa shape index (κ2) is 9.20. The van der Waals surface area contributed by atoms with Gasteiger partial charge in [-0.3, -0.25) is 4.79 Å². The molecule has 0 N–H and O–H groups in total. The van der Waals surface area contributed by atoms with Crippen LogP contribution in [0.25, 0.3) is 11.4 Å². The monoisotopic (exact) mass is 423 g/mol. The fraction of sp³-hybridized carbons (Fsp3) is 0.375. The van der Waals surface area contributed by atoms with E-state index >= 15 is 0 Å². The number of nitrogens with zero attached hydrogens (tertiary/aromatic N) is 3. The summed E-state index contributed by atoms with van der Waals surface area (Å²) in [5.41, 5.74) is 2.05. The van der Waals surface area contributed by atoms with Gasteiger partial charge in [-0.1, -0.05) is 50.2 Å². The number of likely N-dealkylation sites (N-methyl/N-ethyl adjacent to an activating group) is 1. The largest absolute Gasteiger partial charge is 0.497 e. The van der Waals surface area contributed by atoms with Crippen LogP contribution < -0.4 is 9.47 Å². The Kier molecular flexibility index (Phi) is 6.63. The van der Waals surface area contributed by atoms with Gasteiger partial charge in [0.2, 0.25) is 11.7 Å². The number of hydrogen-bond donors (Lipinski definition) is 0. The first kappa shape index (κ1) is 22.3. The molecule has 164 valence electrons. The summed E-state index contributed by atoms with van der Waals surface area (Å²) in [6.07, 6.45) is -0.647. The number of methoxy groups -OCH3 is 1. The second-order valence-electron chi connectivity index (χ2n) is 8.47. The summed E-state index contributed by atoms with van der Waals surface area (Å²) < 4.78 is 16.4. The zero-order chi connectivity index (χ0) is 22.6. The van der Waals surface area contributed by atoms with Crippen LogP contribution in [0.5, 0.6) is 11.5 Å². The fourth-order valence-corrected chi connectivity index (χ4v) is 3.08. The first-order valence-corrected chi connectivity index (χ1v) is 10.2. The van der Waals surface area contributed by atoms with Crippen LogP contribution in [0.1, 0.15) is 39.1 Å². The molecule has 0 aliphatic rings. The van der Waals surface area contributed by atoms with Crippen LogP contribution in [0.3, 0.4) is 0 Å². The molecule has 1 amide bonds. The summed E-state index contributed by atoms with van der Waals surface area (Å²) in [7, 11) is 3.28. The van der Waals surface area contributed by atoms with Gasteiger partial charge in [0.15, 0.2) is 6.10 Å². The molecule has 0 saturated carbocycles. The Morgan fingerprint density at radius 3 is 2.48 bits per heavy atom. The van der Waals surface area contributed by atoms with Crippen LogP contribution >= 0.6 is 0 Å². The molecule has 1 heterocycles. The minimum absolute atomic E-state index is 0.0635. The van der Waals surface area contributed by atoms with Gasteiger partial charge >= 0.3 is 0 Å². The lowest BCUT2D eigenvalue weighted by Gasteiger charge is -2.22. The Morgan fingerprint density at radius 2 is 1.84 bits per heavy atom. The molecule has 7 heteroatoms. The van der Waals surface area contributed by atoms with Crippen molar-refractivity contribution in [1.82, 2.24) is 15.0 Å². The SMILES string of the molecule is COc1cccc(-c2noc(CN(C)C(=O)C(C)Oc3ccc(C(C)(C)C)cc3)n2)c1. The highest BCUT2D eigenvalue weighted by atomic mass is 16.5. The molecule has 3 rings (SSSR count). The van der Waals surface area contributed by atoms with Gasteiger partial charge < -0.3 is 18.9 Å². The van der Waals surface area contributed by atoms with E-state index in [1.165, 1.54) is 10.5 Å². The van der Waals surface area contributed by atoms with Crippen molar-refractivity contribution in [3.63, 3.8) is 0 Å². The quantitative estimate of drug-likeness (QED) is 0.558. The third kappa shape index (κ3) is 5.63. The highest BCUT2D eigenvalue weighted by Crippen LogP contribution is 2.25. The fourth-order valence-electron chi connectivity index (χ4n) is 3.08. The molecule has 0 bridgehead atoms. The van der Waals surface area contributed by atoms with Gasteiger partial charge in [0.1, 0.15) is 11.5 Å². The molecule has 0 radical (unpaired) electrons. The predicted molar refractivity (Wildman–Crippen MR) is 118 cm³/mol. The second-order valence-corrected chi connectivity index (χ2v) is 8.47. The lowest BCUT2D eigenvalue weighted by Crippen LogP contribution is -2.37. The maximum Gasteiger partial charge on any atom is 0.263 e. The molecule has 3 aromatic rings. The first-order chi connectivity index (χ1) is 14.7. The molecule has 1 unspecified atom stereocenters. The Morgan fingerprint density at radius 1 is 1.13 bits per heavy atom. The van der Waals surface area contributed by atoms with Crippen LogP contribution in [0.15, 0.2) is 53.1 Å². The topological polar surface area (TPSA) is 77.7 Å². The van der Waals surface area contributed by atoms with Crippen LogP contribution in [0.2, 0.25) is 0 Å². The number of hydrogen-bond acceptors (Lipinski definition) is 6. The molecule has 0 aliphatic heterocycles. The van der Waals surface area contributed by atoms with Gasteiger partial charge in [0.05, 0.1) is 13.7 Å². The molecule has 0 aliphatic carbocycles. The standard InChI is InChI=1S/C24H29N3O4/c1-16(30-19-12-10-18(11-13-19)24(2,3)4)23(28)27(5)15-21-25-22(26-31-21)17-8-7-9-20(14-17)29-6/h7-14,16H,15H2,1-6H3. The zero-order valence-electron chi connectivity index (χ0n) is 18.9. The maximum atomic E-state index is 12.7. The van der Waals surface area contributed by atoms with Crippen molar-refractivity contribution < 1.29 is 18.8 Å². The summed E-state index contributed by atoms with van der Waals surface area (Å²) in [5.74, 6) is 1.97. The maximum absolute atomic E-state index is 12.7. The Bertz CT molecular complexity index is 1020. The van der Waals surface area contributed by atoms with Gasteiger partial charge in [0, 0.05) is 12.6 Å². The van der Waals surface area contributed by atoms with E-state index in [-0.39, 0.29) is 17.9 Å². The van der Waals surface area contributed by atoms with Gasteiger partial charge in [-0.15, -0.1) is 0 Å². The molecule has 0 spiro atoms. The van der Waals surface area contributed by atoms with Gasteiger partial charge in [-0.2, -0.15) is 4.98 Å². The van der Waals surface area contributed by atoms with Crippen molar-refractivity contribution in [2.75, 3.05) is 14.2 Å². The Balaban J connectivity index is 1.60. The summed E-state index contributed by atoms with van der Waals surface area (Å²) in [6, 6.07) is 15.2. The molecule has 7 nitrogen and oxygen atoms in total. The summed E-state index contributed by atoms with van der Waals surface area (Å²) in [6.45, 7) is 8.38. The van der Waals surface area contributed by atoms with E-state index < -0.39 is 6.10 Å². The lowest BCUT2D eigenvalue weighted by molar-refractivity contribution is -0.137. The van der Waals surface area contributed by atoms with Gasteiger partial charge in [-0.05, 0) is 42.2 Å². The molecular formula is C24H29N3O4. The van der Waals surface area contributed by atoms with Crippen molar-refractivity contribution in [1.29, 1.82) is 0 Å². The smallest absolute Gasteiger partial charge is 0.263 e. The predicted octanol–water partition coefficient (Wildman–Crippen LogP) is 4.47. The van der Waals surface area contributed by atoms with Gasteiger partial charge in [0.25, 0.3) is 5.91 Å². The average molecular weight is 424 g/mol. The first-order valence-electron chi connectivity index (χ1n) is 10.2. The molecule has 1 aromatic heterocycles. The lowest BCUT2D eigenvalue weighted by atomic mass is 9.87. The Hall–Kier alpha value is -3.35. The van der Waals surface area contributed by atoms with Crippen molar-refractivity contribution in [3.05, 3.63) is 60.0 Å². The summed E-state index contributed by atoms with van der Waals surface area (Å²) in [5, 5.41) is 4.00. The number of amides is 1. The van der Waals surface area contributed by atoms with E-state index in [4.69, 9.17) is 14.0 Å². The molecule has 1 atom stereocenters. The van der Waals surface area contributed by atoms with Crippen LogP contribution in [0, 0.1) is 0 Å². The summed E-state index contributed by atoms with van der Waals surface area (Å²) >= 11 is 0. The minimum Gasteiger partial charge on any atom is -0.497 e. The van der Waals surface area contributed by atoms with Gasteiger partial charge in [-0.25, -0.2) is 0 Å². The van der Waals surface area contributed by atoms with Crippen LogP contribution in [-0.2, 0) is 16.8 Å². The van der Waals surface area contributed by atoms with Crippen molar-refractivity contribution in [2.45, 2.75) is 45.8 Å². The molecule has 31 heavy (non-hydrogen) atoms. The number of benzene rings is 2. The molecule has 0 saturated heterocycles. The number of rotatable bonds is 7. The van der Waals surface area contributed by atoms with Crippen molar-refractivity contribution in [3.8, 4) is 22.9 Å². The number of carbonyl (C=O) groups excluding carboxylic acids is 1. The number of carbonyl (C=O) groups is 1. The zero-order valence-corrected chi connectivity index (χ0v) is 18.9. The molecular weight excluding hydrogens is 394 g/mol. The highest BCUT2D eigenvalue weighted by Gasteiger charge is 2.22. The summed E-state index contributed by atoms with van der Waals surface area (Å²) in [4.78, 5) is 18.6. The van der Waals surface area contributed by atoms with E-state index in [0.29, 0.717) is 23.2 Å². The normalized spacial score (nSPS) is 12.3. The van der Waals surface area contributed by atoms with Crippen molar-refractivity contribution >= 4 is 5.91 Å². The third-order valence-corrected chi connectivity index (χ3v) is 4.93. The molecule has 0 fully saturated rings. The van der Waals surface area contributed by atoms with E-state index in [1.54, 1.807) is 21.1 Å². The molecule has 2 aromatic carbocycles. The number of aromatic nitrogens is 2. The van der Waals surface area contributed by atoms with Crippen LogP contribution in [-0.4, -0.2) is 41.2 Å². The highest BCUT2D eigenvalue weighted by molar-refractivity contribution is 5.80. The van der Waals surface area contributed by atoms with E-state index in [1.807, 2.05) is 48.5 Å². The van der Waals surface area contributed by atoms with Crippen molar-refractivity contribution in [2.24, 2.45) is 0 Å². The van der Waals surface area contributed by atoms with E-state index in [2.05, 4.69) is 30.9 Å². The average Bonchev–Trinajstić information content (AvgIpc) is 3.21. The number of ether oxygens (including phenoxy) is 2. The van der Waals surface area contributed by atoms with E-state index in [9.17, 15) is 4.79 Å². The Labute approximate surface area is 183 Å². The third-order valence-electron chi connectivity index (χ3n) is 4.93. The minimum atomic E-state index is -0.647.